The van der Waals surface area contributed by atoms with Gasteiger partial charge in [-0.2, -0.15) is 0 Å². The number of hydrogen-bond acceptors (Lipinski definition) is 4. The predicted molar refractivity (Wildman–Crippen MR) is 71.9 cm³/mol. The number of nitrogens with two attached hydrogens (primary N) is 1. The fourth-order valence-corrected chi connectivity index (χ4v) is 2.30. The Morgan fingerprint density at radius 2 is 2.32 bits per heavy atom. The van der Waals surface area contributed by atoms with Crippen LogP contribution in [0.3, 0.4) is 0 Å². The molecule has 2 rings (SSSR count). The summed E-state index contributed by atoms with van der Waals surface area (Å²) in [5.41, 5.74) is 4.72. The zero-order valence-electron chi connectivity index (χ0n) is 10.4. The third-order valence-corrected chi connectivity index (χ3v) is 3.81. The molecule has 100 valence electrons. The van der Waals surface area contributed by atoms with E-state index in [9.17, 15) is 9.18 Å². The Labute approximate surface area is 114 Å². The molecule has 0 saturated heterocycles. The second-order valence-electron chi connectivity index (χ2n) is 4.28. The van der Waals surface area contributed by atoms with Crippen LogP contribution < -0.4 is 11.1 Å². The highest BCUT2D eigenvalue weighted by atomic mass is 32.1. The molecule has 2 aromatic heterocycles. The summed E-state index contributed by atoms with van der Waals surface area (Å²) in [4.78, 5) is 16.7. The highest BCUT2D eigenvalue weighted by molar-refractivity contribution is 7.09. The average molecular weight is 279 g/mol. The van der Waals surface area contributed by atoms with Crippen molar-refractivity contribution in [2.24, 2.45) is 5.73 Å². The van der Waals surface area contributed by atoms with Crippen molar-refractivity contribution in [3.8, 4) is 0 Å². The number of nitrogens with zero attached hydrogens (tertiary/aromatic N) is 1. The van der Waals surface area contributed by atoms with Crippen LogP contribution in [-0.2, 0) is 16.9 Å². The number of amides is 1. The number of nitrogens with one attached hydrogen (secondary N) is 1. The zero-order valence-corrected chi connectivity index (χ0v) is 11.2. The number of hydrogen-bond donors (Lipinski definition) is 2. The second-order valence-corrected chi connectivity index (χ2v) is 5.32. The Hall–Kier alpha value is -1.79. The number of thiophene rings is 1. The van der Waals surface area contributed by atoms with Crippen LogP contribution in [0.25, 0.3) is 0 Å². The molecule has 0 saturated carbocycles. The molecule has 0 aliphatic heterocycles. The van der Waals surface area contributed by atoms with Gasteiger partial charge in [-0.3, -0.25) is 15.1 Å². The van der Waals surface area contributed by atoms with Crippen LogP contribution in [0.4, 0.5) is 4.39 Å². The molecule has 19 heavy (non-hydrogen) atoms. The van der Waals surface area contributed by atoms with Crippen molar-refractivity contribution >= 4 is 17.2 Å². The van der Waals surface area contributed by atoms with Crippen LogP contribution in [0.2, 0.25) is 0 Å². The number of halogens is 1. The molecule has 4 nitrogen and oxygen atoms in total. The first-order valence-corrected chi connectivity index (χ1v) is 6.59. The van der Waals surface area contributed by atoms with Gasteiger partial charge >= 0.3 is 0 Å². The number of aromatic nitrogens is 1. The number of pyridine rings is 1. The van der Waals surface area contributed by atoms with E-state index in [0.29, 0.717) is 12.2 Å². The van der Waals surface area contributed by atoms with Gasteiger partial charge in [0.2, 0.25) is 5.91 Å². The van der Waals surface area contributed by atoms with Crippen LogP contribution in [0.15, 0.2) is 35.8 Å². The van der Waals surface area contributed by atoms with Crippen LogP contribution in [0.5, 0.6) is 0 Å². The maximum Gasteiger partial charge on any atom is 0.243 e. The lowest BCUT2D eigenvalue weighted by atomic mass is 9.96. The Balaban J connectivity index is 2.22. The topological polar surface area (TPSA) is 68.0 Å². The Morgan fingerprint density at radius 3 is 2.84 bits per heavy atom. The van der Waals surface area contributed by atoms with E-state index in [0.717, 1.165) is 11.1 Å². The first kappa shape index (κ1) is 13.6. The highest BCUT2D eigenvalue weighted by Crippen LogP contribution is 2.20. The van der Waals surface area contributed by atoms with Gasteiger partial charge in [0.15, 0.2) is 0 Å². The lowest BCUT2D eigenvalue weighted by Crippen LogP contribution is -2.50. The molecule has 0 bridgehead atoms. The minimum absolute atomic E-state index is 0.401. The normalized spacial score (nSPS) is 14.0. The van der Waals surface area contributed by atoms with Crippen molar-refractivity contribution in [3.63, 3.8) is 0 Å². The lowest BCUT2D eigenvalue weighted by Gasteiger charge is -2.26. The molecule has 0 aromatic carbocycles. The van der Waals surface area contributed by atoms with Gasteiger partial charge in [-0.25, -0.2) is 4.39 Å². The first-order valence-electron chi connectivity index (χ1n) is 5.72. The van der Waals surface area contributed by atoms with E-state index >= 15 is 0 Å². The molecule has 0 radical (unpaired) electrons. The van der Waals surface area contributed by atoms with Crippen molar-refractivity contribution in [2.45, 2.75) is 19.0 Å². The average Bonchev–Trinajstić information content (AvgIpc) is 2.89. The van der Waals surface area contributed by atoms with Crippen LogP contribution >= 0.6 is 11.3 Å². The van der Waals surface area contributed by atoms with Gasteiger partial charge in [0, 0.05) is 11.4 Å². The zero-order chi connectivity index (χ0) is 13.9. The molecular formula is C13H14FN3OS. The largest absolute Gasteiger partial charge is 0.368 e. The van der Waals surface area contributed by atoms with Crippen molar-refractivity contribution in [2.75, 3.05) is 0 Å². The summed E-state index contributed by atoms with van der Waals surface area (Å²) in [5, 5.41) is 5.04. The second kappa shape index (κ2) is 5.46. The van der Waals surface area contributed by atoms with Crippen molar-refractivity contribution in [1.29, 1.82) is 0 Å². The molecule has 1 unspecified atom stereocenters. The van der Waals surface area contributed by atoms with E-state index < -0.39 is 17.3 Å². The summed E-state index contributed by atoms with van der Waals surface area (Å²) in [6.07, 6.45) is 1.07. The summed E-state index contributed by atoms with van der Waals surface area (Å²) in [6.45, 7) is 2.14. The molecule has 0 aliphatic rings. The molecule has 0 aliphatic carbocycles. The smallest absolute Gasteiger partial charge is 0.243 e. The van der Waals surface area contributed by atoms with E-state index in [1.54, 1.807) is 18.3 Å². The Bertz CT molecular complexity index is 556. The monoisotopic (exact) mass is 279 g/mol. The van der Waals surface area contributed by atoms with E-state index in [1.165, 1.54) is 12.1 Å². The quantitative estimate of drug-likeness (QED) is 0.876. The summed E-state index contributed by atoms with van der Waals surface area (Å²) >= 11 is 1.58. The van der Waals surface area contributed by atoms with Crippen LogP contribution in [0.1, 0.15) is 17.5 Å². The predicted octanol–water partition coefficient (Wildman–Crippen LogP) is 1.77. The molecule has 6 heteroatoms. The summed E-state index contributed by atoms with van der Waals surface area (Å²) in [5.74, 6) is -1.00. The maximum absolute atomic E-state index is 12.9. The SMILES string of the molecule is CC(NCc1cccs1)(C(N)=O)c1ccc(F)cn1. The van der Waals surface area contributed by atoms with Gasteiger partial charge in [-0.15, -0.1) is 11.3 Å². The third-order valence-electron chi connectivity index (χ3n) is 2.93. The summed E-state index contributed by atoms with van der Waals surface area (Å²) in [7, 11) is 0. The van der Waals surface area contributed by atoms with Gasteiger partial charge in [-0.05, 0) is 30.5 Å². The fourth-order valence-electron chi connectivity index (χ4n) is 1.65. The van der Waals surface area contributed by atoms with Crippen LogP contribution in [0, 0.1) is 5.82 Å². The van der Waals surface area contributed by atoms with Crippen molar-refractivity contribution in [3.05, 3.63) is 52.2 Å². The maximum atomic E-state index is 12.9. The molecule has 0 spiro atoms. The number of primary amides is 1. The Kier molecular flexibility index (Phi) is 3.92. The number of carbonyl (C=O) groups excluding carboxylic acids is 1. The van der Waals surface area contributed by atoms with Crippen LogP contribution in [-0.4, -0.2) is 10.9 Å². The molecule has 1 amide bonds. The number of carbonyl (C=O) groups is 1. The lowest BCUT2D eigenvalue weighted by molar-refractivity contribution is -0.124. The van der Waals surface area contributed by atoms with Gasteiger partial charge in [0.1, 0.15) is 11.4 Å². The highest BCUT2D eigenvalue weighted by Gasteiger charge is 2.34. The van der Waals surface area contributed by atoms with Crippen molar-refractivity contribution < 1.29 is 9.18 Å². The molecule has 3 N–H and O–H groups in total. The van der Waals surface area contributed by atoms with E-state index in [4.69, 9.17) is 5.73 Å². The van der Waals surface area contributed by atoms with E-state index in [-0.39, 0.29) is 0 Å². The Morgan fingerprint density at radius 1 is 1.53 bits per heavy atom. The fraction of sp³-hybridized carbons (Fsp3) is 0.231. The minimum atomic E-state index is -1.13. The van der Waals surface area contributed by atoms with Crippen molar-refractivity contribution in [1.82, 2.24) is 10.3 Å². The summed E-state index contributed by atoms with van der Waals surface area (Å²) in [6, 6.07) is 6.61. The third kappa shape index (κ3) is 2.97. The number of rotatable bonds is 5. The van der Waals surface area contributed by atoms with E-state index in [1.807, 2.05) is 17.5 Å². The van der Waals surface area contributed by atoms with Gasteiger partial charge < -0.3 is 5.73 Å². The van der Waals surface area contributed by atoms with Gasteiger partial charge in [0.05, 0.1) is 11.9 Å². The summed E-state index contributed by atoms with van der Waals surface area (Å²) < 4.78 is 12.9. The molecule has 1 atom stereocenters. The minimum Gasteiger partial charge on any atom is -0.368 e. The molecule has 2 heterocycles. The van der Waals surface area contributed by atoms with Gasteiger partial charge in [-0.1, -0.05) is 6.07 Å². The first-order chi connectivity index (χ1) is 9.02. The molecule has 2 aromatic rings. The van der Waals surface area contributed by atoms with Gasteiger partial charge in [0.25, 0.3) is 0 Å². The van der Waals surface area contributed by atoms with E-state index in [2.05, 4.69) is 10.3 Å². The molecular weight excluding hydrogens is 265 g/mol. The standard InChI is InChI=1S/C13H14FN3OS/c1-13(12(15)18,11-5-4-9(14)7-16-11)17-8-10-3-2-6-19-10/h2-7,17H,8H2,1H3,(H2,15,18). The molecule has 0 fully saturated rings.